The average molecular weight is 384 g/mol. The van der Waals surface area contributed by atoms with E-state index in [4.69, 9.17) is 16.6 Å². The minimum atomic E-state index is 0.179. The van der Waals surface area contributed by atoms with Crippen molar-refractivity contribution in [1.29, 1.82) is 0 Å². The molecule has 2 aromatic rings. The molecule has 2 aliphatic rings. The van der Waals surface area contributed by atoms with Gasteiger partial charge in [0, 0.05) is 15.4 Å². The van der Waals surface area contributed by atoms with Gasteiger partial charge in [-0.25, -0.2) is 4.98 Å². The quantitative estimate of drug-likeness (QED) is 0.813. The molecule has 0 saturated heterocycles. The predicted octanol–water partition coefficient (Wildman–Crippen LogP) is 4.89. The van der Waals surface area contributed by atoms with Crippen LogP contribution in [0.3, 0.4) is 0 Å². The van der Waals surface area contributed by atoms with E-state index in [-0.39, 0.29) is 6.04 Å². The van der Waals surface area contributed by atoms with E-state index >= 15 is 0 Å². The van der Waals surface area contributed by atoms with E-state index in [0.717, 1.165) is 15.9 Å². The van der Waals surface area contributed by atoms with Crippen LogP contribution < -0.4 is 5.32 Å². The summed E-state index contributed by atoms with van der Waals surface area (Å²) in [6.45, 7) is 0. The summed E-state index contributed by atoms with van der Waals surface area (Å²) in [5.41, 5.74) is 2.53. The lowest BCUT2D eigenvalue weighted by Gasteiger charge is -2.17. The lowest BCUT2D eigenvalue weighted by Crippen LogP contribution is -2.24. The Morgan fingerprint density at radius 3 is 2.90 bits per heavy atom. The molecule has 1 fully saturated rings. The van der Waals surface area contributed by atoms with Crippen molar-refractivity contribution in [3.05, 3.63) is 48.8 Å². The summed E-state index contributed by atoms with van der Waals surface area (Å²) in [6, 6.07) is 7.04. The van der Waals surface area contributed by atoms with Crippen molar-refractivity contribution >= 4 is 38.9 Å². The number of hydrogen-bond acceptors (Lipinski definition) is 3. The summed E-state index contributed by atoms with van der Waals surface area (Å²) in [6.07, 6.45) is 6.14. The number of aryl methyl sites for hydroxylation is 2. The Balaban J connectivity index is 1.70. The van der Waals surface area contributed by atoms with Crippen molar-refractivity contribution < 1.29 is 0 Å². The van der Waals surface area contributed by atoms with Crippen LogP contribution in [-0.2, 0) is 12.8 Å². The number of thiazole rings is 1. The second-order valence-electron chi connectivity index (χ2n) is 5.82. The molecule has 0 amide bonds. The first-order chi connectivity index (χ1) is 10.2. The Hall–Kier alpha value is -0.420. The van der Waals surface area contributed by atoms with Gasteiger partial charge in [-0.2, -0.15) is 0 Å². The van der Waals surface area contributed by atoms with Crippen LogP contribution in [0.5, 0.6) is 0 Å². The molecule has 1 unspecified atom stereocenters. The fourth-order valence-corrected chi connectivity index (χ4v) is 4.50. The van der Waals surface area contributed by atoms with Gasteiger partial charge in [0.15, 0.2) is 0 Å². The first-order valence-corrected chi connectivity index (χ1v) is 9.39. The lowest BCUT2D eigenvalue weighted by atomic mass is 10.1. The first kappa shape index (κ1) is 14.2. The van der Waals surface area contributed by atoms with E-state index in [9.17, 15) is 0 Å². The smallest absolute Gasteiger partial charge is 0.115 e. The summed E-state index contributed by atoms with van der Waals surface area (Å²) in [5.74, 6) is 0. The van der Waals surface area contributed by atoms with E-state index in [1.54, 1.807) is 0 Å². The highest BCUT2D eigenvalue weighted by Crippen LogP contribution is 2.36. The standard InChI is InChI=1S/C16H16BrClN2S/c17-11-7-4-9(8-12(11)18)15(19-10-5-6-10)16-20-13-2-1-3-14(13)21-16/h4,7-8,10,15,19H,1-3,5-6H2. The summed E-state index contributed by atoms with van der Waals surface area (Å²) < 4.78 is 0.944. The summed E-state index contributed by atoms with van der Waals surface area (Å²) in [4.78, 5) is 6.38. The molecular weight excluding hydrogens is 368 g/mol. The Morgan fingerprint density at radius 1 is 1.33 bits per heavy atom. The molecule has 110 valence electrons. The third-order valence-corrected chi connectivity index (χ3v) is 6.57. The monoisotopic (exact) mass is 382 g/mol. The Morgan fingerprint density at radius 2 is 2.19 bits per heavy atom. The number of rotatable bonds is 4. The molecular formula is C16H16BrClN2S. The highest BCUT2D eigenvalue weighted by atomic mass is 79.9. The van der Waals surface area contributed by atoms with Crippen LogP contribution in [0.15, 0.2) is 22.7 Å². The average Bonchev–Trinajstić information content (AvgIpc) is 3.03. The fraction of sp³-hybridized carbons (Fsp3) is 0.438. The maximum absolute atomic E-state index is 6.28. The molecule has 0 spiro atoms. The number of hydrogen-bond donors (Lipinski definition) is 1. The Bertz CT molecular complexity index is 659. The third-order valence-electron chi connectivity index (χ3n) is 4.12. The van der Waals surface area contributed by atoms with Crippen LogP contribution in [0.1, 0.15) is 46.4 Å². The number of aromatic nitrogens is 1. The van der Waals surface area contributed by atoms with Crippen LogP contribution in [-0.4, -0.2) is 11.0 Å². The molecule has 0 aliphatic heterocycles. The highest BCUT2D eigenvalue weighted by Gasteiger charge is 2.29. The van der Waals surface area contributed by atoms with Gasteiger partial charge in [0.05, 0.1) is 16.8 Å². The number of halogens is 2. The number of nitrogens with zero attached hydrogens (tertiary/aromatic N) is 1. The van der Waals surface area contributed by atoms with Gasteiger partial charge in [-0.15, -0.1) is 11.3 Å². The molecule has 0 bridgehead atoms. The van der Waals surface area contributed by atoms with E-state index < -0.39 is 0 Å². The van der Waals surface area contributed by atoms with Crippen molar-refractivity contribution in [2.75, 3.05) is 0 Å². The topological polar surface area (TPSA) is 24.9 Å². The van der Waals surface area contributed by atoms with E-state index in [1.807, 2.05) is 17.4 Å². The maximum atomic E-state index is 6.28. The normalized spacial score (nSPS) is 18.8. The highest BCUT2D eigenvalue weighted by molar-refractivity contribution is 9.10. The summed E-state index contributed by atoms with van der Waals surface area (Å²) in [5, 5.41) is 5.70. The minimum Gasteiger partial charge on any atom is -0.301 e. The lowest BCUT2D eigenvalue weighted by molar-refractivity contribution is 0.596. The number of nitrogens with one attached hydrogen (secondary N) is 1. The summed E-state index contributed by atoms with van der Waals surface area (Å²) in [7, 11) is 0. The molecule has 21 heavy (non-hydrogen) atoms. The zero-order valence-corrected chi connectivity index (χ0v) is 14.7. The molecule has 1 heterocycles. The van der Waals surface area contributed by atoms with E-state index in [0.29, 0.717) is 6.04 Å². The molecule has 1 aromatic carbocycles. The van der Waals surface area contributed by atoms with Crippen LogP contribution in [0.2, 0.25) is 5.02 Å². The molecule has 1 N–H and O–H groups in total. The first-order valence-electron chi connectivity index (χ1n) is 7.40. The second kappa shape index (κ2) is 5.65. The van der Waals surface area contributed by atoms with Crippen molar-refractivity contribution in [2.45, 2.75) is 44.2 Å². The van der Waals surface area contributed by atoms with Gasteiger partial charge in [0.25, 0.3) is 0 Å². The second-order valence-corrected chi connectivity index (χ2v) is 8.20. The van der Waals surface area contributed by atoms with Crippen LogP contribution in [0.25, 0.3) is 0 Å². The van der Waals surface area contributed by atoms with Gasteiger partial charge in [-0.1, -0.05) is 17.7 Å². The van der Waals surface area contributed by atoms with Crippen molar-refractivity contribution in [1.82, 2.24) is 10.3 Å². The van der Waals surface area contributed by atoms with Gasteiger partial charge in [0.1, 0.15) is 5.01 Å². The zero-order chi connectivity index (χ0) is 14.4. The van der Waals surface area contributed by atoms with E-state index in [2.05, 4.69) is 33.4 Å². The molecule has 2 nitrogen and oxygen atoms in total. The van der Waals surface area contributed by atoms with Crippen molar-refractivity contribution in [2.24, 2.45) is 0 Å². The SMILES string of the molecule is Clc1cc(C(NC2CC2)c2nc3c(s2)CCC3)ccc1Br. The van der Waals surface area contributed by atoms with E-state index in [1.165, 1.54) is 46.8 Å². The van der Waals surface area contributed by atoms with Crippen molar-refractivity contribution in [3.8, 4) is 0 Å². The minimum absolute atomic E-state index is 0.179. The molecule has 5 heteroatoms. The number of benzene rings is 1. The van der Waals surface area contributed by atoms with Crippen LogP contribution >= 0.6 is 38.9 Å². The molecule has 4 rings (SSSR count). The predicted molar refractivity (Wildman–Crippen MR) is 91.3 cm³/mol. The molecule has 2 aliphatic carbocycles. The van der Waals surface area contributed by atoms with Gasteiger partial charge < -0.3 is 5.32 Å². The third kappa shape index (κ3) is 2.91. The molecule has 1 saturated carbocycles. The van der Waals surface area contributed by atoms with Gasteiger partial charge in [0.2, 0.25) is 0 Å². The van der Waals surface area contributed by atoms with Crippen LogP contribution in [0, 0.1) is 0 Å². The fourth-order valence-electron chi connectivity index (χ4n) is 2.82. The summed E-state index contributed by atoms with van der Waals surface area (Å²) >= 11 is 11.6. The van der Waals surface area contributed by atoms with Crippen LogP contribution in [0.4, 0.5) is 0 Å². The van der Waals surface area contributed by atoms with Crippen molar-refractivity contribution in [3.63, 3.8) is 0 Å². The van der Waals surface area contributed by atoms with Gasteiger partial charge in [-0.3, -0.25) is 0 Å². The molecule has 0 radical (unpaired) electrons. The van der Waals surface area contributed by atoms with Gasteiger partial charge in [-0.05, 0) is 65.7 Å². The Labute approximate surface area is 142 Å². The van der Waals surface area contributed by atoms with Gasteiger partial charge >= 0.3 is 0 Å². The maximum Gasteiger partial charge on any atom is 0.115 e. The number of fused-ring (bicyclic) bond motifs is 1. The zero-order valence-electron chi connectivity index (χ0n) is 11.5. The molecule has 1 aromatic heterocycles. The Kier molecular flexibility index (Phi) is 3.82. The largest absolute Gasteiger partial charge is 0.301 e. The molecule has 1 atom stereocenters.